The van der Waals surface area contributed by atoms with E-state index in [1.807, 2.05) is 19.2 Å². The molecular weight excluding hydrogens is 402 g/mol. The van der Waals surface area contributed by atoms with E-state index in [1.165, 1.54) is 23.1 Å². The van der Waals surface area contributed by atoms with Gasteiger partial charge in [0.05, 0.1) is 10.1 Å². The van der Waals surface area contributed by atoms with E-state index in [0.29, 0.717) is 18.8 Å². The highest BCUT2D eigenvalue weighted by molar-refractivity contribution is 8.02. The molecule has 1 amide bonds. The number of carbonyl (C=O) groups excluding carboxylic acids is 1. The van der Waals surface area contributed by atoms with E-state index in [4.69, 9.17) is 0 Å². The molecule has 0 saturated carbocycles. The molecule has 2 heterocycles. The quantitative estimate of drug-likeness (QED) is 0.713. The Hall–Kier alpha value is -1.42. The van der Waals surface area contributed by atoms with Crippen molar-refractivity contribution in [1.29, 1.82) is 0 Å². The fourth-order valence-electron chi connectivity index (χ4n) is 2.80. The Morgan fingerprint density at radius 1 is 1.22 bits per heavy atom. The van der Waals surface area contributed by atoms with Crippen LogP contribution in [0.15, 0.2) is 38.9 Å². The van der Waals surface area contributed by atoms with Crippen molar-refractivity contribution in [3.8, 4) is 0 Å². The minimum absolute atomic E-state index is 0.139. The van der Waals surface area contributed by atoms with Gasteiger partial charge in [-0.15, -0.1) is 11.3 Å². The number of benzene rings is 1. The first kappa shape index (κ1) is 20.3. The summed E-state index contributed by atoms with van der Waals surface area (Å²) in [4.78, 5) is 17.0. The number of sulfonamides is 1. The van der Waals surface area contributed by atoms with Gasteiger partial charge in [0, 0.05) is 29.9 Å². The predicted octanol–water partition coefficient (Wildman–Crippen LogP) is 3.75. The lowest BCUT2D eigenvalue weighted by Gasteiger charge is -2.25. The van der Waals surface area contributed by atoms with Gasteiger partial charge in [-0.25, -0.2) is 13.4 Å². The highest BCUT2D eigenvalue weighted by Gasteiger charge is 2.25. The zero-order valence-electron chi connectivity index (χ0n) is 15.3. The Labute approximate surface area is 168 Å². The van der Waals surface area contributed by atoms with Crippen molar-refractivity contribution in [3.63, 3.8) is 0 Å². The second kappa shape index (κ2) is 8.72. The van der Waals surface area contributed by atoms with Crippen LogP contribution in [-0.2, 0) is 14.8 Å². The number of carbonyl (C=O) groups is 1. The Bertz CT molecular complexity index is 888. The minimum Gasteiger partial charge on any atom is -0.325 e. The SMILES string of the molecule is Cc1csc(SC(C)C(=O)Nc2ccc(S(=O)(=O)N3CCCCC3)cc2)n1. The summed E-state index contributed by atoms with van der Waals surface area (Å²) >= 11 is 2.93. The van der Waals surface area contributed by atoms with Crippen LogP contribution in [0.3, 0.4) is 0 Å². The molecular formula is C18H23N3O3S3. The number of thiazole rings is 1. The predicted molar refractivity (Wildman–Crippen MR) is 110 cm³/mol. The number of nitrogens with one attached hydrogen (secondary N) is 1. The molecule has 9 heteroatoms. The molecule has 0 aliphatic carbocycles. The van der Waals surface area contributed by atoms with E-state index in [2.05, 4.69) is 10.3 Å². The van der Waals surface area contributed by atoms with Crippen molar-refractivity contribution in [2.24, 2.45) is 0 Å². The smallest absolute Gasteiger partial charge is 0.243 e. The average Bonchev–Trinajstić information content (AvgIpc) is 3.07. The first-order chi connectivity index (χ1) is 12.9. The number of anilines is 1. The Kier molecular flexibility index (Phi) is 6.56. The molecule has 1 saturated heterocycles. The molecule has 1 aliphatic rings. The van der Waals surface area contributed by atoms with Crippen molar-refractivity contribution < 1.29 is 13.2 Å². The normalized spacial score (nSPS) is 16.8. The fourth-order valence-corrected chi connectivity index (χ4v) is 6.30. The van der Waals surface area contributed by atoms with Gasteiger partial charge in [-0.1, -0.05) is 18.2 Å². The van der Waals surface area contributed by atoms with Gasteiger partial charge in [0.1, 0.15) is 0 Å². The van der Waals surface area contributed by atoms with Crippen LogP contribution in [-0.4, -0.2) is 42.0 Å². The molecule has 146 valence electrons. The summed E-state index contributed by atoms with van der Waals surface area (Å²) < 4.78 is 27.7. The van der Waals surface area contributed by atoms with Crippen LogP contribution in [0.5, 0.6) is 0 Å². The summed E-state index contributed by atoms with van der Waals surface area (Å²) in [5, 5.41) is 4.49. The maximum atomic E-state index is 12.7. The summed E-state index contributed by atoms with van der Waals surface area (Å²) in [7, 11) is -3.45. The first-order valence-corrected chi connectivity index (χ1v) is 12.1. The number of hydrogen-bond donors (Lipinski definition) is 1. The summed E-state index contributed by atoms with van der Waals surface area (Å²) in [5.41, 5.74) is 1.53. The molecule has 1 aromatic heterocycles. The topological polar surface area (TPSA) is 79.4 Å². The molecule has 27 heavy (non-hydrogen) atoms. The van der Waals surface area contributed by atoms with Crippen LogP contribution < -0.4 is 5.32 Å². The number of amides is 1. The van der Waals surface area contributed by atoms with Gasteiger partial charge in [-0.05, 0) is 51.0 Å². The second-order valence-corrected chi connectivity index (χ2v) is 10.9. The summed E-state index contributed by atoms with van der Waals surface area (Å²) in [5.74, 6) is -0.139. The largest absolute Gasteiger partial charge is 0.325 e. The molecule has 1 aliphatic heterocycles. The fraction of sp³-hybridized carbons (Fsp3) is 0.444. The standard InChI is InChI=1S/C18H23N3O3S3/c1-13-12-25-18(19-13)26-14(2)17(22)20-15-6-8-16(9-7-15)27(23,24)21-10-4-3-5-11-21/h6-9,12,14H,3-5,10-11H2,1-2H3,(H,20,22). The van der Waals surface area contributed by atoms with Crippen LogP contribution >= 0.6 is 23.1 Å². The highest BCUT2D eigenvalue weighted by atomic mass is 32.2. The minimum atomic E-state index is -3.45. The van der Waals surface area contributed by atoms with Gasteiger partial charge in [0.25, 0.3) is 0 Å². The maximum Gasteiger partial charge on any atom is 0.243 e. The van der Waals surface area contributed by atoms with Gasteiger partial charge in [-0.2, -0.15) is 4.31 Å². The van der Waals surface area contributed by atoms with Crippen molar-refractivity contribution >= 4 is 44.7 Å². The lowest BCUT2D eigenvalue weighted by Crippen LogP contribution is -2.35. The number of piperidine rings is 1. The number of aromatic nitrogens is 1. The van der Waals surface area contributed by atoms with Crippen LogP contribution in [0.4, 0.5) is 5.69 Å². The summed E-state index contributed by atoms with van der Waals surface area (Å²) in [6.07, 6.45) is 2.89. The van der Waals surface area contributed by atoms with Gasteiger partial charge in [0.2, 0.25) is 15.9 Å². The molecule has 0 radical (unpaired) electrons. The monoisotopic (exact) mass is 425 g/mol. The summed E-state index contributed by atoms with van der Waals surface area (Å²) in [6.45, 7) is 4.90. The molecule has 3 rings (SSSR count). The average molecular weight is 426 g/mol. The highest BCUT2D eigenvalue weighted by Crippen LogP contribution is 2.27. The number of rotatable bonds is 6. The number of thioether (sulfide) groups is 1. The zero-order chi connectivity index (χ0) is 19.4. The van der Waals surface area contributed by atoms with Gasteiger partial charge in [0.15, 0.2) is 4.34 Å². The third-order valence-corrected chi connectivity index (χ3v) is 8.42. The maximum absolute atomic E-state index is 12.7. The molecule has 0 spiro atoms. The van der Waals surface area contributed by atoms with Crippen molar-refractivity contribution in [1.82, 2.24) is 9.29 Å². The van der Waals surface area contributed by atoms with E-state index < -0.39 is 10.0 Å². The third-order valence-electron chi connectivity index (χ3n) is 4.32. The van der Waals surface area contributed by atoms with Crippen LogP contribution in [0.25, 0.3) is 0 Å². The number of hydrogen-bond acceptors (Lipinski definition) is 6. The Morgan fingerprint density at radius 3 is 2.48 bits per heavy atom. The zero-order valence-corrected chi connectivity index (χ0v) is 17.8. The van der Waals surface area contributed by atoms with Crippen molar-refractivity contribution in [3.05, 3.63) is 35.3 Å². The van der Waals surface area contributed by atoms with E-state index in [1.54, 1.807) is 28.6 Å². The molecule has 1 aromatic carbocycles. The first-order valence-electron chi connectivity index (χ1n) is 8.86. The second-order valence-electron chi connectivity index (χ2n) is 6.49. The molecule has 0 bridgehead atoms. The molecule has 1 N–H and O–H groups in total. The van der Waals surface area contributed by atoms with Crippen LogP contribution in [0.1, 0.15) is 31.9 Å². The lowest BCUT2D eigenvalue weighted by molar-refractivity contribution is -0.115. The Balaban J connectivity index is 1.62. The Morgan fingerprint density at radius 2 is 1.89 bits per heavy atom. The van der Waals surface area contributed by atoms with E-state index in [9.17, 15) is 13.2 Å². The molecule has 2 aromatic rings. The number of aryl methyl sites for hydroxylation is 1. The molecule has 6 nitrogen and oxygen atoms in total. The number of nitrogens with zero attached hydrogens (tertiary/aromatic N) is 2. The molecule has 1 unspecified atom stereocenters. The van der Waals surface area contributed by atoms with Crippen molar-refractivity contribution in [2.45, 2.75) is 47.6 Å². The summed E-state index contributed by atoms with van der Waals surface area (Å²) in [6, 6.07) is 6.39. The van der Waals surface area contributed by atoms with E-state index >= 15 is 0 Å². The van der Waals surface area contributed by atoms with Gasteiger partial charge in [-0.3, -0.25) is 4.79 Å². The van der Waals surface area contributed by atoms with Crippen molar-refractivity contribution in [2.75, 3.05) is 18.4 Å². The lowest BCUT2D eigenvalue weighted by atomic mass is 10.2. The molecule has 1 fully saturated rings. The van der Waals surface area contributed by atoms with Crippen LogP contribution in [0, 0.1) is 6.92 Å². The van der Waals surface area contributed by atoms with E-state index in [-0.39, 0.29) is 16.1 Å². The van der Waals surface area contributed by atoms with E-state index in [0.717, 1.165) is 29.3 Å². The van der Waals surface area contributed by atoms with Gasteiger partial charge >= 0.3 is 0 Å². The van der Waals surface area contributed by atoms with Crippen LogP contribution in [0.2, 0.25) is 0 Å². The third kappa shape index (κ3) is 5.10. The molecule has 1 atom stereocenters. The van der Waals surface area contributed by atoms with Gasteiger partial charge < -0.3 is 5.32 Å².